The van der Waals surface area contributed by atoms with Gasteiger partial charge in [0.1, 0.15) is 11.4 Å². The lowest BCUT2D eigenvalue weighted by molar-refractivity contribution is 0.00776. The van der Waals surface area contributed by atoms with Gasteiger partial charge in [-0.25, -0.2) is 10.1 Å². The van der Waals surface area contributed by atoms with Crippen molar-refractivity contribution in [1.29, 1.82) is 5.26 Å². The lowest BCUT2D eigenvalue weighted by Crippen LogP contribution is -2.31. The van der Waals surface area contributed by atoms with Crippen molar-refractivity contribution in [3.8, 4) is 6.07 Å². The van der Waals surface area contributed by atoms with Gasteiger partial charge < -0.3 is 9.64 Å². The fourth-order valence-corrected chi connectivity index (χ4v) is 4.71. The molecule has 4 rings (SSSR count). The average molecular weight is 386 g/mol. The van der Waals surface area contributed by atoms with Crippen molar-refractivity contribution in [2.45, 2.75) is 57.0 Å². The number of nitrogens with zero attached hydrogens (tertiary/aromatic N) is 3. The maximum absolute atomic E-state index is 9.32. The third kappa shape index (κ3) is 4.38. The quantitative estimate of drug-likeness (QED) is 0.473. The van der Waals surface area contributed by atoms with Crippen LogP contribution in [-0.4, -0.2) is 18.7 Å². The fraction of sp³-hybridized carbons (Fsp3) is 0.440. The summed E-state index contributed by atoms with van der Waals surface area (Å²) in [6.45, 7) is 9.61. The summed E-state index contributed by atoms with van der Waals surface area (Å²) >= 11 is 0. The van der Waals surface area contributed by atoms with Crippen molar-refractivity contribution in [2.24, 2.45) is 0 Å². The molecule has 148 valence electrons. The highest BCUT2D eigenvalue weighted by atomic mass is 16.5. The summed E-state index contributed by atoms with van der Waals surface area (Å²) in [5, 5.41) is 9.32. The van der Waals surface area contributed by atoms with Crippen LogP contribution in [0.1, 0.15) is 56.9 Å². The minimum absolute atomic E-state index is 0.191. The molecule has 0 bridgehead atoms. The van der Waals surface area contributed by atoms with Crippen molar-refractivity contribution in [3.05, 3.63) is 70.4 Å². The zero-order valence-electron chi connectivity index (χ0n) is 16.9. The van der Waals surface area contributed by atoms with E-state index in [1.165, 1.54) is 24.9 Å². The molecule has 4 heteroatoms. The van der Waals surface area contributed by atoms with Gasteiger partial charge in [0.2, 0.25) is 0 Å². The summed E-state index contributed by atoms with van der Waals surface area (Å²) in [5.74, 6) is 0.754. The summed E-state index contributed by atoms with van der Waals surface area (Å²) in [5.41, 5.74) is 3.18. The Morgan fingerprint density at radius 3 is 2.45 bits per heavy atom. The number of anilines is 1. The molecular formula is C25H27N3O. The maximum Gasteiger partial charge on any atom is 0.265 e. The largest absolute Gasteiger partial charge is 0.487 e. The van der Waals surface area contributed by atoms with Gasteiger partial charge >= 0.3 is 0 Å². The van der Waals surface area contributed by atoms with Crippen LogP contribution in [0.3, 0.4) is 0 Å². The molecule has 29 heavy (non-hydrogen) atoms. The lowest BCUT2D eigenvalue weighted by Gasteiger charge is -2.35. The van der Waals surface area contributed by atoms with Crippen LogP contribution in [0.5, 0.6) is 0 Å². The molecule has 2 heterocycles. The molecular weight excluding hydrogens is 358 g/mol. The van der Waals surface area contributed by atoms with Gasteiger partial charge in [-0.2, -0.15) is 0 Å². The van der Waals surface area contributed by atoms with Crippen LogP contribution >= 0.6 is 0 Å². The van der Waals surface area contributed by atoms with Crippen LogP contribution in [0.2, 0.25) is 0 Å². The Balaban J connectivity index is 1.54. The van der Waals surface area contributed by atoms with Crippen molar-refractivity contribution < 1.29 is 4.74 Å². The Hall–Kier alpha value is -2.98. The number of benzene rings is 1. The smallest absolute Gasteiger partial charge is 0.265 e. The van der Waals surface area contributed by atoms with E-state index in [-0.39, 0.29) is 11.3 Å². The van der Waals surface area contributed by atoms with E-state index in [0.717, 1.165) is 55.7 Å². The number of nitriles is 1. The lowest BCUT2D eigenvalue weighted by atomic mass is 9.88. The highest BCUT2D eigenvalue weighted by Gasteiger charge is 2.39. The third-order valence-electron chi connectivity index (χ3n) is 6.25. The van der Waals surface area contributed by atoms with E-state index in [4.69, 9.17) is 11.3 Å². The molecule has 2 fully saturated rings. The SMILES string of the molecule is [C-]#[N+]/C(C#N)=C1C=C(/C=C/c2ccc(N3CCCCC3)cc2)OC2(CCCC2)C\1. The highest BCUT2D eigenvalue weighted by Crippen LogP contribution is 2.44. The van der Waals surface area contributed by atoms with Crippen LogP contribution in [0.25, 0.3) is 10.9 Å². The van der Waals surface area contributed by atoms with Crippen LogP contribution in [0.4, 0.5) is 5.69 Å². The Labute approximate surface area is 173 Å². The fourth-order valence-electron chi connectivity index (χ4n) is 4.71. The van der Waals surface area contributed by atoms with Crippen LogP contribution in [-0.2, 0) is 4.74 Å². The molecule has 1 aromatic carbocycles. The van der Waals surface area contributed by atoms with Crippen molar-refractivity contribution in [3.63, 3.8) is 0 Å². The molecule has 1 saturated carbocycles. The molecule has 0 atom stereocenters. The first-order valence-electron chi connectivity index (χ1n) is 10.7. The molecule has 4 nitrogen and oxygen atoms in total. The van der Waals surface area contributed by atoms with Crippen LogP contribution < -0.4 is 4.90 Å². The van der Waals surface area contributed by atoms with E-state index in [0.29, 0.717) is 6.42 Å². The summed E-state index contributed by atoms with van der Waals surface area (Å²) < 4.78 is 6.36. The molecule has 0 N–H and O–H groups in total. The molecule has 1 aliphatic carbocycles. The van der Waals surface area contributed by atoms with E-state index in [2.05, 4.69) is 46.2 Å². The minimum atomic E-state index is -0.241. The summed E-state index contributed by atoms with van der Waals surface area (Å²) in [6, 6.07) is 10.7. The van der Waals surface area contributed by atoms with E-state index in [1.807, 2.05) is 12.2 Å². The Morgan fingerprint density at radius 1 is 1.07 bits per heavy atom. The summed E-state index contributed by atoms with van der Waals surface area (Å²) in [7, 11) is 0. The summed E-state index contributed by atoms with van der Waals surface area (Å²) in [6.07, 6.45) is 14.7. The van der Waals surface area contributed by atoms with E-state index < -0.39 is 0 Å². The number of allylic oxidation sites excluding steroid dienone is 3. The molecule has 1 aromatic rings. The Bertz CT molecular complexity index is 896. The third-order valence-corrected chi connectivity index (χ3v) is 6.25. The van der Waals surface area contributed by atoms with E-state index in [1.54, 1.807) is 0 Å². The summed E-state index contributed by atoms with van der Waals surface area (Å²) in [4.78, 5) is 5.89. The molecule has 0 radical (unpaired) electrons. The monoisotopic (exact) mass is 385 g/mol. The molecule has 0 amide bonds. The molecule has 0 unspecified atom stereocenters. The van der Waals surface area contributed by atoms with Crippen LogP contribution in [0.15, 0.2) is 53.4 Å². The first-order valence-corrected chi connectivity index (χ1v) is 10.7. The Kier molecular flexibility index (Phi) is 5.72. The number of hydrogen-bond donors (Lipinski definition) is 0. The van der Waals surface area contributed by atoms with Gasteiger partial charge in [-0.05, 0) is 80.4 Å². The number of piperidine rings is 1. The van der Waals surface area contributed by atoms with Gasteiger partial charge in [0.15, 0.2) is 0 Å². The van der Waals surface area contributed by atoms with Crippen molar-refractivity contribution in [2.75, 3.05) is 18.0 Å². The van der Waals surface area contributed by atoms with Gasteiger partial charge in [-0.3, -0.25) is 0 Å². The molecule has 1 spiro atoms. The van der Waals surface area contributed by atoms with Crippen molar-refractivity contribution in [1.82, 2.24) is 0 Å². The number of rotatable bonds is 3. The predicted molar refractivity (Wildman–Crippen MR) is 116 cm³/mol. The van der Waals surface area contributed by atoms with Gasteiger partial charge in [-0.15, -0.1) is 0 Å². The second-order valence-corrected chi connectivity index (χ2v) is 8.29. The first kappa shape index (κ1) is 19.3. The van der Waals surface area contributed by atoms with Crippen molar-refractivity contribution >= 4 is 11.8 Å². The highest BCUT2D eigenvalue weighted by molar-refractivity contribution is 5.58. The zero-order valence-corrected chi connectivity index (χ0v) is 16.9. The molecule has 1 saturated heterocycles. The zero-order chi connectivity index (χ0) is 20.1. The van der Waals surface area contributed by atoms with Gasteiger partial charge in [0.25, 0.3) is 5.70 Å². The standard InChI is InChI=1S/C25H27N3O/c1-27-24(19-26)21-17-23(29-25(18-21)13-3-4-14-25)12-9-20-7-10-22(11-8-20)28-15-5-2-6-16-28/h7-12,17H,2-6,13-16,18H2/b12-9+,24-21+. The normalized spacial score (nSPS) is 22.7. The minimum Gasteiger partial charge on any atom is -0.487 e. The average Bonchev–Trinajstić information content (AvgIpc) is 3.21. The second-order valence-electron chi connectivity index (χ2n) is 8.29. The molecule has 3 aliphatic rings. The maximum atomic E-state index is 9.32. The molecule has 0 aromatic heterocycles. The molecule has 2 aliphatic heterocycles. The van der Waals surface area contributed by atoms with Gasteiger partial charge in [0, 0.05) is 25.2 Å². The van der Waals surface area contributed by atoms with Crippen LogP contribution in [0, 0.1) is 17.9 Å². The predicted octanol–water partition coefficient (Wildman–Crippen LogP) is 6.00. The topological polar surface area (TPSA) is 40.6 Å². The van der Waals surface area contributed by atoms with E-state index >= 15 is 0 Å². The second kappa shape index (κ2) is 8.58. The van der Waals surface area contributed by atoms with Gasteiger partial charge in [0.05, 0.1) is 12.6 Å². The number of hydrogen-bond acceptors (Lipinski definition) is 3. The van der Waals surface area contributed by atoms with E-state index in [9.17, 15) is 5.26 Å². The van der Waals surface area contributed by atoms with Gasteiger partial charge in [-0.1, -0.05) is 18.2 Å². The Morgan fingerprint density at radius 2 is 1.79 bits per heavy atom. The first-order chi connectivity index (χ1) is 14.2. The number of ether oxygens (including phenoxy) is 1.